The Morgan fingerprint density at radius 3 is 2.59 bits per heavy atom. The van der Waals surface area contributed by atoms with E-state index in [-0.39, 0.29) is 11.9 Å². The van der Waals surface area contributed by atoms with Gasteiger partial charge in [0.25, 0.3) is 5.91 Å². The molecule has 0 aliphatic heterocycles. The monoisotopic (exact) mass is 364 g/mol. The topological polar surface area (TPSA) is 71.3 Å². The number of aromatic nitrogens is 2. The Morgan fingerprint density at radius 1 is 1.15 bits per heavy atom. The molecule has 2 aromatic heterocycles. The Bertz CT molecular complexity index is 876. The molecule has 1 aromatic carbocycles. The van der Waals surface area contributed by atoms with Crippen molar-refractivity contribution in [3.8, 4) is 0 Å². The van der Waals surface area contributed by atoms with E-state index in [1.165, 1.54) is 0 Å². The number of aryl methyl sites for hydroxylation is 1. The zero-order valence-corrected chi connectivity index (χ0v) is 15.8. The third-order valence-corrected chi connectivity index (χ3v) is 4.15. The number of rotatable bonds is 7. The van der Waals surface area contributed by atoms with E-state index in [9.17, 15) is 4.79 Å². The molecule has 0 fully saturated rings. The predicted octanol–water partition coefficient (Wildman–Crippen LogP) is 4.04. The maximum absolute atomic E-state index is 13.1. The van der Waals surface area contributed by atoms with Crippen LogP contribution in [0.3, 0.4) is 0 Å². The van der Waals surface area contributed by atoms with Gasteiger partial charge < -0.3 is 14.6 Å². The number of nitrogens with zero attached hydrogens (tertiary/aromatic N) is 3. The van der Waals surface area contributed by atoms with E-state index in [1.54, 1.807) is 12.3 Å². The summed E-state index contributed by atoms with van der Waals surface area (Å²) in [6, 6.07) is 15.4. The number of benzene rings is 1. The summed E-state index contributed by atoms with van der Waals surface area (Å²) in [5.41, 5.74) is 2.20. The summed E-state index contributed by atoms with van der Waals surface area (Å²) in [5.74, 6) is 1.08. The van der Waals surface area contributed by atoms with Crippen LogP contribution in [0.4, 0.5) is 5.95 Å². The van der Waals surface area contributed by atoms with E-state index < -0.39 is 0 Å². The highest BCUT2D eigenvalue weighted by atomic mass is 16.3. The molecule has 2 heterocycles. The van der Waals surface area contributed by atoms with Crippen LogP contribution >= 0.6 is 0 Å². The number of anilines is 1. The number of nitrogens with one attached hydrogen (secondary N) is 1. The first kappa shape index (κ1) is 18.6. The van der Waals surface area contributed by atoms with Crippen LogP contribution in [0.5, 0.6) is 0 Å². The summed E-state index contributed by atoms with van der Waals surface area (Å²) >= 11 is 0. The van der Waals surface area contributed by atoms with Crippen molar-refractivity contribution in [2.45, 2.75) is 39.9 Å². The van der Waals surface area contributed by atoms with Crippen molar-refractivity contribution in [1.82, 2.24) is 14.9 Å². The van der Waals surface area contributed by atoms with Crippen LogP contribution < -0.4 is 5.32 Å². The van der Waals surface area contributed by atoms with Gasteiger partial charge in [-0.1, -0.05) is 30.3 Å². The quantitative estimate of drug-likeness (QED) is 0.685. The molecule has 3 aromatic rings. The largest absolute Gasteiger partial charge is 0.467 e. The summed E-state index contributed by atoms with van der Waals surface area (Å²) < 4.78 is 5.31. The van der Waals surface area contributed by atoms with Crippen LogP contribution in [0.15, 0.2) is 59.2 Å². The lowest BCUT2D eigenvalue weighted by Gasteiger charge is -2.26. The number of carbonyl (C=O) groups is 1. The lowest BCUT2D eigenvalue weighted by molar-refractivity contribution is 0.0684. The minimum Gasteiger partial charge on any atom is -0.467 e. The molecule has 0 saturated carbocycles. The van der Waals surface area contributed by atoms with Gasteiger partial charge in [-0.2, -0.15) is 0 Å². The molecular weight excluding hydrogens is 340 g/mol. The van der Waals surface area contributed by atoms with Crippen LogP contribution in [0.1, 0.15) is 41.4 Å². The van der Waals surface area contributed by atoms with Crippen molar-refractivity contribution < 1.29 is 9.21 Å². The van der Waals surface area contributed by atoms with Gasteiger partial charge in [0.1, 0.15) is 11.5 Å². The fraction of sp³-hybridized carbons (Fsp3) is 0.286. The van der Waals surface area contributed by atoms with Gasteiger partial charge in [-0.15, -0.1) is 0 Å². The average molecular weight is 364 g/mol. The molecule has 0 saturated heterocycles. The van der Waals surface area contributed by atoms with Crippen molar-refractivity contribution in [3.05, 3.63) is 77.5 Å². The number of hydrogen-bond donors (Lipinski definition) is 1. The summed E-state index contributed by atoms with van der Waals surface area (Å²) in [4.78, 5) is 23.7. The second-order valence-electron chi connectivity index (χ2n) is 6.66. The molecular formula is C21H24N4O2. The van der Waals surface area contributed by atoms with E-state index in [0.717, 1.165) is 17.0 Å². The molecule has 0 aliphatic rings. The molecule has 0 aliphatic carbocycles. The van der Waals surface area contributed by atoms with Crippen LogP contribution in [-0.2, 0) is 13.1 Å². The zero-order chi connectivity index (χ0) is 19.2. The lowest BCUT2D eigenvalue weighted by Crippen LogP contribution is -2.37. The lowest BCUT2D eigenvalue weighted by atomic mass is 10.1. The highest BCUT2D eigenvalue weighted by Crippen LogP contribution is 2.15. The van der Waals surface area contributed by atoms with Crippen molar-refractivity contribution in [1.29, 1.82) is 0 Å². The highest BCUT2D eigenvalue weighted by Gasteiger charge is 2.21. The van der Waals surface area contributed by atoms with E-state index in [0.29, 0.717) is 24.7 Å². The van der Waals surface area contributed by atoms with Gasteiger partial charge in [-0.25, -0.2) is 9.97 Å². The molecule has 1 N–H and O–H groups in total. The van der Waals surface area contributed by atoms with Crippen molar-refractivity contribution in [2.75, 3.05) is 5.32 Å². The molecule has 6 heteroatoms. The molecule has 0 unspecified atom stereocenters. The first-order chi connectivity index (χ1) is 13.0. The van der Waals surface area contributed by atoms with Gasteiger partial charge in [0.15, 0.2) is 0 Å². The number of furan rings is 1. The number of amides is 1. The summed E-state index contributed by atoms with van der Waals surface area (Å²) in [6.07, 6.45) is 1.62. The van der Waals surface area contributed by atoms with Gasteiger partial charge in [0.2, 0.25) is 5.95 Å². The predicted molar refractivity (Wildman–Crippen MR) is 104 cm³/mol. The van der Waals surface area contributed by atoms with E-state index >= 15 is 0 Å². The summed E-state index contributed by atoms with van der Waals surface area (Å²) in [7, 11) is 0. The molecule has 27 heavy (non-hydrogen) atoms. The third kappa shape index (κ3) is 4.94. The fourth-order valence-electron chi connectivity index (χ4n) is 2.75. The van der Waals surface area contributed by atoms with Crippen LogP contribution in [0.25, 0.3) is 0 Å². The molecule has 0 spiro atoms. The number of hydrogen-bond acceptors (Lipinski definition) is 5. The van der Waals surface area contributed by atoms with Gasteiger partial charge in [0, 0.05) is 18.3 Å². The smallest absolute Gasteiger partial charge is 0.273 e. The molecule has 0 atom stereocenters. The Hall–Kier alpha value is -3.15. The minimum absolute atomic E-state index is 0.0486. The minimum atomic E-state index is -0.111. The Morgan fingerprint density at radius 2 is 1.93 bits per heavy atom. The maximum atomic E-state index is 13.1. The molecule has 0 bridgehead atoms. The molecule has 1 amide bonds. The van der Waals surface area contributed by atoms with Gasteiger partial charge in [-0.3, -0.25) is 4.79 Å². The standard InChI is InChI=1S/C21H24N4O2/c1-15(2)25(14-17-8-5-4-6-9-17)20(26)19-12-16(3)23-21(24-19)22-13-18-10-7-11-27-18/h4-12,15H,13-14H2,1-3H3,(H,22,23,24). The van der Waals surface area contributed by atoms with Gasteiger partial charge in [0.05, 0.1) is 12.8 Å². The second-order valence-corrected chi connectivity index (χ2v) is 6.66. The second kappa shape index (κ2) is 8.49. The first-order valence-electron chi connectivity index (χ1n) is 9.00. The van der Waals surface area contributed by atoms with Crippen molar-refractivity contribution in [3.63, 3.8) is 0 Å². The third-order valence-electron chi connectivity index (χ3n) is 4.15. The molecule has 140 valence electrons. The average Bonchev–Trinajstić information content (AvgIpc) is 3.18. The van der Waals surface area contributed by atoms with Gasteiger partial charge in [-0.05, 0) is 44.5 Å². The summed E-state index contributed by atoms with van der Waals surface area (Å²) in [6.45, 7) is 6.86. The van der Waals surface area contributed by atoms with Crippen molar-refractivity contribution >= 4 is 11.9 Å². The zero-order valence-electron chi connectivity index (χ0n) is 15.8. The molecule has 6 nitrogen and oxygen atoms in total. The van der Waals surface area contributed by atoms with Crippen molar-refractivity contribution in [2.24, 2.45) is 0 Å². The van der Waals surface area contributed by atoms with E-state index in [2.05, 4.69) is 15.3 Å². The fourth-order valence-corrected chi connectivity index (χ4v) is 2.75. The first-order valence-corrected chi connectivity index (χ1v) is 9.00. The van der Waals surface area contributed by atoms with Gasteiger partial charge >= 0.3 is 0 Å². The SMILES string of the molecule is Cc1cc(C(=O)N(Cc2ccccc2)C(C)C)nc(NCc2ccco2)n1. The van der Waals surface area contributed by atoms with E-state index in [1.807, 2.05) is 68.1 Å². The number of carbonyl (C=O) groups excluding carboxylic acids is 1. The maximum Gasteiger partial charge on any atom is 0.273 e. The van der Waals surface area contributed by atoms with Crippen LogP contribution in [0.2, 0.25) is 0 Å². The molecule has 3 rings (SSSR count). The Kier molecular flexibility index (Phi) is 5.86. The Labute approximate surface area is 159 Å². The Balaban J connectivity index is 1.79. The molecule has 0 radical (unpaired) electrons. The van der Waals surface area contributed by atoms with Crippen LogP contribution in [0, 0.1) is 6.92 Å². The normalized spacial score (nSPS) is 10.8. The highest BCUT2D eigenvalue weighted by molar-refractivity contribution is 5.92. The summed E-state index contributed by atoms with van der Waals surface area (Å²) in [5, 5.41) is 3.11. The van der Waals surface area contributed by atoms with Crippen LogP contribution in [-0.4, -0.2) is 26.8 Å². The van der Waals surface area contributed by atoms with E-state index in [4.69, 9.17) is 4.42 Å².